The van der Waals surface area contributed by atoms with E-state index in [1.165, 1.54) is 12.8 Å². The monoisotopic (exact) mass is 247 g/mol. The van der Waals surface area contributed by atoms with Gasteiger partial charge in [-0.3, -0.25) is 4.79 Å². The predicted molar refractivity (Wildman–Crippen MR) is 71.0 cm³/mol. The topological polar surface area (TPSA) is 57.8 Å². The number of aromatic amines is 1. The van der Waals surface area contributed by atoms with Gasteiger partial charge in [0.1, 0.15) is 5.82 Å². The molecule has 0 unspecified atom stereocenters. The summed E-state index contributed by atoms with van der Waals surface area (Å²) in [5.74, 6) is 1.37. The van der Waals surface area contributed by atoms with Crippen molar-refractivity contribution in [1.82, 2.24) is 15.3 Å². The Balaban J connectivity index is 1.94. The second kappa shape index (κ2) is 5.22. The molecule has 0 saturated carbocycles. The van der Waals surface area contributed by atoms with Crippen LogP contribution in [0.25, 0.3) is 0 Å². The lowest BCUT2D eigenvalue weighted by Crippen LogP contribution is -2.29. The molecule has 18 heavy (non-hydrogen) atoms. The Hall–Kier alpha value is -1.16. The van der Waals surface area contributed by atoms with Crippen LogP contribution in [0.15, 0.2) is 4.79 Å². The number of aromatic nitrogens is 2. The Morgan fingerprint density at radius 3 is 2.67 bits per heavy atom. The third-order valence-electron chi connectivity index (χ3n) is 4.19. The number of hydrogen-bond acceptors (Lipinski definition) is 3. The number of nitrogens with zero attached hydrogens (tertiary/aromatic N) is 1. The van der Waals surface area contributed by atoms with Crippen molar-refractivity contribution in [3.8, 4) is 0 Å². The number of fused-ring (bicyclic) bond motifs is 1. The fourth-order valence-corrected chi connectivity index (χ4v) is 3.09. The Bertz CT molecular complexity index is 474. The molecule has 1 aromatic rings. The minimum absolute atomic E-state index is 0.121. The molecule has 4 heteroatoms. The van der Waals surface area contributed by atoms with Gasteiger partial charge in [-0.25, -0.2) is 4.98 Å². The predicted octanol–water partition coefficient (Wildman–Crippen LogP) is 1.51. The third-order valence-corrected chi connectivity index (χ3v) is 4.19. The van der Waals surface area contributed by atoms with E-state index < -0.39 is 0 Å². The molecule has 3 rings (SSSR count). The van der Waals surface area contributed by atoms with Gasteiger partial charge in [0, 0.05) is 11.5 Å². The van der Waals surface area contributed by atoms with E-state index >= 15 is 0 Å². The van der Waals surface area contributed by atoms with E-state index in [0.717, 1.165) is 62.3 Å². The highest BCUT2D eigenvalue weighted by molar-refractivity contribution is 5.20. The van der Waals surface area contributed by atoms with E-state index in [-0.39, 0.29) is 5.56 Å². The second-order valence-corrected chi connectivity index (χ2v) is 5.46. The molecule has 0 atom stereocenters. The standard InChI is InChI=1S/C14H21N3O/c18-14-11-4-2-1-3-5-12(11)16-13(17-14)10-6-8-15-9-7-10/h10,15H,1-9H2,(H,16,17,18). The summed E-state index contributed by atoms with van der Waals surface area (Å²) < 4.78 is 0. The summed E-state index contributed by atoms with van der Waals surface area (Å²) in [6, 6.07) is 0. The normalized spacial score (nSPS) is 21.3. The summed E-state index contributed by atoms with van der Waals surface area (Å²) in [6.45, 7) is 2.07. The van der Waals surface area contributed by atoms with Crippen LogP contribution >= 0.6 is 0 Å². The molecule has 1 aromatic heterocycles. The maximum absolute atomic E-state index is 12.2. The summed E-state index contributed by atoms with van der Waals surface area (Å²) in [4.78, 5) is 20.0. The molecule has 98 valence electrons. The Kier molecular flexibility index (Phi) is 3.46. The Labute approximate surface area is 107 Å². The lowest BCUT2D eigenvalue weighted by atomic mass is 9.97. The fraction of sp³-hybridized carbons (Fsp3) is 0.714. The average Bonchev–Trinajstić information content (AvgIpc) is 2.65. The summed E-state index contributed by atoms with van der Waals surface area (Å²) in [5, 5.41) is 3.35. The molecule has 1 aliphatic carbocycles. The van der Waals surface area contributed by atoms with Gasteiger partial charge in [-0.2, -0.15) is 0 Å². The van der Waals surface area contributed by atoms with Crippen LogP contribution in [0.5, 0.6) is 0 Å². The number of piperidine rings is 1. The molecule has 1 fully saturated rings. The van der Waals surface area contributed by atoms with Crippen LogP contribution in [0.1, 0.15) is 55.1 Å². The molecular weight excluding hydrogens is 226 g/mol. The maximum Gasteiger partial charge on any atom is 0.254 e. The number of hydrogen-bond donors (Lipinski definition) is 2. The Morgan fingerprint density at radius 2 is 1.83 bits per heavy atom. The molecule has 2 aliphatic rings. The summed E-state index contributed by atoms with van der Waals surface area (Å²) in [7, 11) is 0. The highest BCUT2D eigenvalue weighted by atomic mass is 16.1. The van der Waals surface area contributed by atoms with Gasteiger partial charge in [-0.1, -0.05) is 6.42 Å². The van der Waals surface area contributed by atoms with Gasteiger partial charge in [0.25, 0.3) is 5.56 Å². The summed E-state index contributed by atoms with van der Waals surface area (Å²) in [6.07, 6.45) is 7.59. The second-order valence-electron chi connectivity index (χ2n) is 5.46. The van der Waals surface area contributed by atoms with Gasteiger partial charge in [0.2, 0.25) is 0 Å². The average molecular weight is 247 g/mol. The van der Waals surface area contributed by atoms with Crippen molar-refractivity contribution in [2.75, 3.05) is 13.1 Å². The van der Waals surface area contributed by atoms with Crippen LogP contribution in [0.4, 0.5) is 0 Å². The lowest BCUT2D eigenvalue weighted by Gasteiger charge is -2.22. The van der Waals surface area contributed by atoms with Crippen LogP contribution in [0, 0.1) is 0 Å². The highest BCUT2D eigenvalue weighted by Gasteiger charge is 2.20. The lowest BCUT2D eigenvalue weighted by molar-refractivity contribution is 0.442. The first-order valence-corrected chi connectivity index (χ1v) is 7.17. The van der Waals surface area contributed by atoms with Crippen LogP contribution in [-0.4, -0.2) is 23.1 Å². The van der Waals surface area contributed by atoms with E-state index in [2.05, 4.69) is 10.3 Å². The minimum Gasteiger partial charge on any atom is -0.317 e. The molecule has 1 saturated heterocycles. The molecule has 0 aromatic carbocycles. The van der Waals surface area contributed by atoms with Crippen LogP contribution < -0.4 is 10.9 Å². The molecule has 1 aliphatic heterocycles. The highest BCUT2D eigenvalue weighted by Crippen LogP contribution is 2.23. The van der Waals surface area contributed by atoms with Gasteiger partial charge in [0.15, 0.2) is 0 Å². The van der Waals surface area contributed by atoms with E-state index in [0.29, 0.717) is 5.92 Å². The zero-order valence-corrected chi connectivity index (χ0v) is 10.8. The third kappa shape index (κ3) is 2.34. The van der Waals surface area contributed by atoms with Crippen molar-refractivity contribution in [3.63, 3.8) is 0 Å². The molecule has 2 N–H and O–H groups in total. The number of nitrogens with one attached hydrogen (secondary N) is 2. The molecular formula is C14H21N3O. The van der Waals surface area contributed by atoms with Gasteiger partial charge < -0.3 is 10.3 Å². The number of rotatable bonds is 1. The van der Waals surface area contributed by atoms with E-state index in [1.54, 1.807) is 0 Å². The quantitative estimate of drug-likeness (QED) is 0.740. The van der Waals surface area contributed by atoms with Crippen molar-refractivity contribution in [2.45, 2.75) is 50.9 Å². The van der Waals surface area contributed by atoms with Crippen molar-refractivity contribution in [3.05, 3.63) is 27.4 Å². The molecule has 0 radical (unpaired) electrons. The SMILES string of the molecule is O=c1[nH]c(C2CCNCC2)nc2c1CCCCC2. The molecule has 2 heterocycles. The zero-order valence-electron chi connectivity index (χ0n) is 10.8. The fourth-order valence-electron chi connectivity index (χ4n) is 3.09. The van der Waals surface area contributed by atoms with Crippen LogP contribution in [0.2, 0.25) is 0 Å². The molecule has 0 amide bonds. The number of H-pyrrole nitrogens is 1. The van der Waals surface area contributed by atoms with Crippen LogP contribution in [-0.2, 0) is 12.8 Å². The molecule has 0 spiro atoms. The Morgan fingerprint density at radius 1 is 1.06 bits per heavy atom. The summed E-state index contributed by atoms with van der Waals surface area (Å²) in [5.41, 5.74) is 2.14. The number of aryl methyl sites for hydroxylation is 1. The summed E-state index contributed by atoms with van der Waals surface area (Å²) >= 11 is 0. The molecule has 0 bridgehead atoms. The van der Waals surface area contributed by atoms with E-state index in [9.17, 15) is 4.79 Å². The first-order chi connectivity index (χ1) is 8.84. The van der Waals surface area contributed by atoms with Crippen molar-refractivity contribution < 1.29 is 0 Å². The largest absolute Gasteiger partial charge is 0.317 e. The smallest absolute Gasteiger partial charge is 0.254 e. The van der Waals surface area contributed by atoms with Crippen LogP contribution in [0.3, 0.4) is 0 Å². The zero-order chi connectivity index (χ0) is 12.4. The van der Waals surface area contributed by atoms with Crippen molar-refractivity contribution >= 4 is 0 Å². The molecule has 4 nitrogen and oxygen atoms in total. The van der Waals surface area contributed by atoms with Gasteiger partial charge in [0.05, 0.1) is 5.69 Å². The minimum atomic E-state index is 0.121. The van der Waals surface area contributed by atoms with Gasteiger partial charge in [-0.15, -0.1) is 0 Å². The van der Waals surface area contributed by atoms with E-state index in [4.69, 9.17) is 4.98 Å². The first-order valence-electron chi connectivity index (χ1n) is 7.17. The van der Waals surface area contributed by atoms with Crippen molar-refractivity contribution in [2.24, 2.45) is 0 Å². The van der Waals surface area contributed by atoms with Gasteiger partial charge in [-0.05, 0) is 51.6 Å². The first kappa shape index (κ1) is 11.9. The van der Waals surface area contributed by atoms with Gasteiger partial charge >= 0.3 is 0 Å². The van der Waals surface area contributed by atoms with Crippen molar-refractivity contribution in [1.29, 1.82) is 0 Å². The van der Waals surface area contributed by atoms with E-state index in [1.807, 2.05) is 0 Å². The maximum atomic E-state index is 12.2.